The molecule has 3 rings (SSSR count). The van der Waals surface area contributed by atoms with E-state index in [0.29, 0.717) is 33.0 Å². The van der Waals surface area contributed by atoms with E-state index in [2.05, 4.69) is 24.3 Å². The highest BCUT2D eigenvalue weighted by Gasteiger charge is 2.19. The van der Waals surface area contributed by atoms with E-state index >= 15 is 0 Å². The Bertz CT molecular complexity index is 791. The molecule has 20 heavy (non-hydrogen) atoms. The molecule has 1 amide bonds. The topological polar surface area (TPSA) is 110 Å². The van der Waals surface area contributed by atoms with Gasteiger partial charge in [0.25, 0.3) is 5.91 Å². The van der Waals surface area contributed by atoms with E-state index in [9.17, 15) is 4.79 Å². The number of hydrogen-bond acceptors (Lipinski definition) is 6. The molecule has 0 radical (unpaired) electrons. The lowest BCUT2D eigenvalue weighted by Gasteiger charge is -2.07. The molecule has 2 heterocycles. The first-order chi connectivity index (χ1) is 9.58. The molecule has 0 aliphatic rings. The summed E-state index contributed by atoms with van der Waals surface area (Å²) < 4.78 is 8.24. The number of carbonyl (C=O) groups excluding carboxylic acids is 1. The van der Waals surface area contributed by atoms with Gasteiger partial charge in [0.1, 0.15) is 16.6 Å². The number of nitrogens with zero attached hydrogens (tertiary/aromatic N) is 3. The molecule has 0 fully saturated rings. The van der Waals surface area contributed by atoms with E-state index < -0.39 is 5.91 Å². The molecule has 0 aliphatic carbocycles. The first-order valence-electron chi connectivity index (χ1n) is 5.60. The van der Waals surface area contributed by atoms with Gasteiger partial charge in [-0.1, -0.05) is 11.6 Å². The summed E-state index contributed by atoms with van der Waals surface area (Å²) in [5.41, 5.74) is 8.18. The number of H-pyrrole nitrogens is 1. The molecule has 0 saturated carbocycles. The molecule has 0 aliphatic heterocycles. The second kappa shape index (κ2) is 4.73. The van der Waals surface area contributed by atoms with Gasteiger partial charge in [0.2, 0.25) is 0 Å². The summed E-state index contributed by atoms with van der Waals surface area (Å²) in [6.07, 6.45) is 0. The maximum atomic E-state index is 12.3. The Hall–Kier alpha value is -2.19. The van der Waals surface area contributed by atoms with E-state index in [1.165, 1.54) is 0 Å². The van der Waals surface area contributed by atoms with Gasteiger partial charge in [0.15, 0.2) is 5.82 Å². The molecule has 4 N–H and O–H groups in total. The van der Waals surface area contributed by atoms with Crippen LogP contribution < -0.4 is 11.1 Å². The lowest BCUT2D eigenvalue weighted by atomic mass is 10.2. The second-order valence-electron chi connectivity index (χ2n) is 4.12. The van der Waals surface area contributed by atoms with E-state index in [0.717, 1.165) is 11.7 Å². The zero-order chi connectivity index (χ0) is 14.3. The summed E-state index contributed by atoms with van der Waals surface area (Å²) in [5, 5.41) is 9.55. The van der Waals surface area contributed by atoms with Gasteiger partial charge in [0.05, 0.1) is 22.4 Å². The maximum Gasteiger partial charge on any atom is 0.261 e. The molecule has 7 nitrogen and oxygen atoms in total. The van der Waals surface area contributed by atoms with E-state index in [1.807, 2.05) is 0 Å². The Morgan fingerprint density at radius 2 is 2.25 bits per heavy atom. The fourth-order valence-electron chi connectivity index (χ4n) is 1.86. The number of nitrogens with one attached hydrogen (secondary N) is 2. The molecule has 0 bridgehead atoms. The van der Waals surface area contributed by atoms with Gasteiger partial charge in [-0.05, 0) is 19.1 Å². The minimum Gasteiger partial charge on any atom is -0.382 e. The first-order valence-corrected chi connectivity index (χ1v) is 6.71. The van der Waals surface area contributed by atoms with Crippen LogP contribution >= 0.6 is 23.3 Å². The molecule has 2 aromatic heterocycles. The van der Waals surface area contributed by atoms with Crippen LogP contribution in [0.4, 0.5) is 11.5 Å². The van der Waals surface area contributed by atoms with Crippen molar-refractivity contribution >= 4 is 51.8 Å². The van der Waals surface area contributed by atoms with Crippen molar-refractivity contribution in [3.05, 3.63) is 28.4 Å². The lowest BCUT2D eigenvalue weighted by Crippen LogP contribution is -2.15. The monoisotopic (exact) mass is 308 g/mol. The van der Waals surface area contributed by atoms with Crippen molar-refractivity contribution in [2.45, 2.75) is 6.92 Å². The van der Waals surface area contributed by atoms with Crippen molar-refractivity contribution in [3.63, 3.8) is 0 Å². The van der Waals surface area contributed by atoms with Crippen molar-refractivity contribution in [2.24, 2.45) is 0 Å². The number of rotatable bonds is 2. The van der Waals surface area contributed by atoms with Crippen molar-refractivity contribution in [1.29, 1.82) is 0 Å². The number of nitrogens with two attached hydrogens (primary N) is 1. The molecular formula is C11H9ClN6OS. The number of aryl methyl sites for hydroxylation is 1. The standard InChI is InChI=1S/C11H9ClN6OS/c1-4-7(10(13)16-15-4)11(19)14-8-5(12)2-3-6-9(8)18-20-17-6/h2-3H,1H3,(H,14,19)(H3,13,15,16). The fourth-order valence-corrected chi connectivity index (χ4v) is 2.60. The van der Waals surface area contributed by atoms with Gasteiger partial charge in [0, 0.05) is 5.69 Å². The SMILES string of the molecule is Cc1[nH]nc(N)c1C(=O)Nc1c(Cl)ccc2nsnc12. The predicted octanol–water partition coefficient (Wildman–Crippen LogP) is 2.21. The van der Waals surface area contributed by atoms with Crippen LogP contribution in [0.25, 0.3) is 11.0 Å². The first kappa shape index (κ1) is 12.8. The summed E-state index contributed by atoms with van der Waals surface area (Å²) >= 11 is 7.17. The lowest BCUT2D eigenvalue weighted by molar-refractivity contribution is 0.102. The van der Waals surface area contributed by atoms with Crippen LogP contribution in [-0.4, -0.2) is 24.9 Å². The van der Waals surface area contributed by atoms with Crippen LogP contribution in [0, 0.1) is 6.92 Å². The van der Waals surface area contributed by atoms with Crippen molar-refractivity contribution < 1.29 is 4.79 Å². The number of aromatic nitrogens is 4. The highest BCUT2D eigenvalue weighted by molar-refractivity contribution is 7.00. The highest BCUT2D eigenvalue weighted by Crippen LogP contribution is 2.30. The molecule has 0 unspecified atom stereocenters. The number of amides is 1. The maximum absolute atomic E-state index is 12.3. The van der Waals surface area contributed by atoms with Crippen LogP contribution in [0.5, 0.6) is 0 Å². The Labute approximate surface area is 122 Å². The minimum atomic E-state index is -0.392. The number of aromatic amines is 1. The summed E-state index contributed by atoms with van der Waals surface area (Å²) in [6, 6.07) is 3.40. The van der Waals surface area contributed by atoms with Crippen LogP contribution in [-0.2, 0) is 0 Å². The third-order valence-electron chi connectivity index (χ3n) is 2.82. The molecule has 1 aromatic carbocycles. The second-order valence-corrected chi connectivity index (χ2v) is 5.05. The molecule has 9 heteroatoms. The summed E-state index contributed by atoms with van der Waals surface area (Å²) in [4.78, 5) is 12.3. The van der Waals surface area contributed by atoms with Crippen LogP contribution in [0.3, 0.4) is 0 Å². The number of halogens is 1. The van der Waals surface area contributed by atoms with E-state index in [4.69, 9.17) is 17.3 Å². The summed E-state index contributed by atoms with van der Waals surface area (Å²) in [5.74, 6) is -0.254. The quantitative estimate of drug-likeness (QED) is 0.672. The van der Waals surface area contributed by atoms with Gasteiger partial charge in [-0.3, -0.25) is 9.89 Å². The average Bonchev–Trinajstić information content (AvgIpc) is 3.00. The zero-order valence-corrected chi connectivity index (χ0v) is 11.8. The number of fused-ring (bicyclic) bond motifs is 1. The van der Waals surface area contributed by atoms with Crippen LogP contribution in [0.2, 0.25) is 5.02 Å². The van der Waals surface area contributed by atoms with Crippen molar-refractivity contribution in [1.82, 2.24) is 18.9 Å². The molecular weight excluding hydrogens is 300 g/mol. The number of hydrogen-bond donors (Lipinski definition) is 3. The predicted molar refractivity (Wildman–Crippen MR) is 78.1 cm³/mol. The molecule has 0 spiro atoms. The zero-order valence-electron chi connectivity index (χ0n) is 10.3. The normalized spacial score (nSPS) is 10.9. The smallest absolute Gasteiger partial charge is 0.261 e. The Balaban J connectivity index is 2.03. The van der Waals surface area contributed by atoms with Crippen LogP contribution in [0.1, 0.15) is 16.1 Å². The number of nitrogen functional groups attached to an aromatic ring is 1. The summed E-state index contributed by atoms with van der Waals surface area (Å²) in [7, 11) is 0. The largest absolute Gasteiger partial charge is 0.382 e. The van der Waals surface area contributed by atoms with Gasteiger partial charge in [-0.15, -0.1) is 0 Å². The fraction of sp³-hybridized carbons (Fsp3) is 0.0909. The highest BCUT2D eigenvalue weighted by atomic mass is 35.5. The Morgan fingerprint density at radius 3 is 2.95 bits per heavy atom. The Morgan fingerprint density at radius 1 is 1.45 bits per heavy atom. The molecule has 0 saturated heterocycles. The summed E-state index contributed by atoms with van der Waals surface area (Å²) in [6.45, 7) is 1.71. The van der Waals surface area contributed by atoms with Gasteiger partial charge < -0.3 is 11.1 Å². The number of carbonyl (C=O) groups is 1. The van der Waals surface area contributed by atoms with E-state index in [1.54, 1.807) is 19.1 Å². The minimum absolute atomic E-state index is 0.139. The molecule has 0 atom stereocenters. The Kier molecular flexibility index (Phi) is 3.03. The van der Waals surface area contributed by atoms with Crippen LogP contribution in [0.15, 0.2) is 12.1 Å². The average molecular weight is 309 g/mol. The van der Waals surface area contributed by atoms with Gasteiger partial charge >= 0.3 is 0 Å². The third-order valence-corrected chi connectivity index (χ3v) is 3.68. The van der Waals surface area contributed by atoms with Crippen molar-refractivity contribution in [3.8, 4) is 0 Å². The van der Waals surface area contributed by atoms with Gasteiger partial charge in [-0.25, -0.2) is 0 Å². The number of benzene rings is 1. The molecule has 102 valence electrons. The van der Waals surface area contributed by atoms with Crippen molar-refractivity contribution in [2.75, 3.05) is 11.1 Å². The van der Waals surface area contributed by atoms with Gasteiger partial charge in [-0.2, -0.15) is 13.8 Å². The third kappa shape index (κ3) is 1.98. The number of anilines is 2. The molecule has 3 aromatic rings. The van der Waals surface area contributed by atoms with E-state index in [-0.39, 0.29) is 5.82 Å².